The van der Waals surface area contributed by atoms with E-state index in [1.165, 1.54) is 11.1 Å². The third-order valence-electron chi connectivity index (χ3n) is 4.71. The molecular formula is C21H34N4O2. The fourth-order valence-corrected chi connectivity index (χ4v) is 3.27. The molecule has 0 atom stereocenters. The van der Waals surface area contributed by atoms with Crippen molar-refractivity contribution >= 4 is 11.8 Å². The highest BCUT2D eigenvalue weighted by Gasteiger charge is 2.23. The van der Waals surface area contributed by atoms with Crippen molar-refractivity contribution < 1.29 is 9.59 Å². The molecule has 150 valence electrons. The molecule has 0 radical (unpaired) electrons. The number of benzene rings is 1. The van der Waals surface area contributed by atoms with Crippen molar-refractivity contribution in [3.05, 3.63) is 35.4 Å². The van der Waals surface area contributed by atoms with Gasteiger partial charge in [-0.15, -0.1) is 0 Å². The van der Waals surface area contributed by atoms with E-state index in [1.807, 2.05) is 32.7 Å². The summed E-state index contributed by atoms with van der Waals surface area (Å²) in [6, 6.07) is 8.45. The summed E-state index contributed by atoms with van der Waals surface area (Å²) >= 11 is 0. The molecule has 2 rings (SSSR count). The smallest absolute Gasteiger partial charge is 0.236 e. The molecule has 1 aromatic rings. The van der Waals surface area contributed by atoms with Gasteiger partial charge in [-0.25, -0.2) is 0 Å². The minimum absolute atomic E-state index is 0.0548. The fraction of sp³-hybridized carbons (Fsp3) is 0.619. The molecule has 0 aromatic heterocycles. The standard InChI is InChI=1S/C21H34N4O2/c1-17-8-6-7-9-18(17)14-24-10-12-25(13-11-24)20(27)16-23(5)15-19(26)22-21(2,3)4/h6-9H,10-16H2,1-5H3,(H,22,26). The van der Waals surface area contributed by atoms with Gasteiger partial charge in [-0.3, -0.25) is 19.4 Å². The lowest BCUT2D eigenvalue weighted by atomic mass is 10.1. The Labute approximate surface area is 163 Å². The van der Waals surface area contributed by atoms with Gasteiger partial charge in [-0.1, -0.05) is 24.3 Å². The lowest BCUT2D eigenvalue weighted by Crippen LogP contribution is -2.51. The Morgan fingerprint density at radius 3 is 2.30 bits per heavy atom. The van der Waals surface area contributed by atoms with Crippen LogP contribution in [0.1, 0.15) is 31.9 Å². The largest absolute Gasteiger partial charge is 0.350 e. The second-order valence-electron chi connectivity index (χ2n) is 8.55. The monoisotopic (exact) mass is 374 g/mol. The van der Waals surface area contributed by atoms with Crippen molar-refractivity contribution in [3.8, 4) is 0 Å². The van der Waals surface area contributed by atoms with E-state index in [0.29, 0.717) is 0 Å². The predicted molar refractivity (Wildman–Crippen MR) is 108 cm³/mol. The molecule has 0 aliphatic carbocycles. The Morgan fingerprint density at radius 2 is 1.70 bits per heavy atom. The fourth-order valence-electron chi connectivity index (χ4n) is 3.27. The third-order valence-corrected chi connectivity index (χ3v) is 4.71. The maximum absolute atomic E-state index is 12.5. The zero-order valence-electron chi connectivity index (χ0n) is 17.4. The first-order chi connectivity index (χ1) is 12.6. The quantitative estimate of drug-likeness (QED) is 0.820. The first kappa shape index (κ1) is 21.4. The maximum atomic E-state index is 12.5. The molecule has 1 heterocycles. The predicted octanol–water partition coefficient (Wildman–Crippen LogP) is 1.49. The number of hydrogen-bond acceptors (Lipinski definition) is 4. The van der Waals surface area contributed by atoms with Crippen LogP contribution >= 0.6 is 0 Å². The Morgan fingerprint density at radius 1 is 1.07 bits per heavy atom. The molecule has 6 heteroatoms. The molecule has 1 fully saturated rings. The number of nitrogens with zero attached hydrogens (tertiary/aromatic N) is 3. The van der Waals surface area contributed by atoms with Gasteiger partial charge < -0.3 is 10.2 Å². The van der Waals surface area contributed by atoms with E-state index in [9.17, 15) is 9.59 Å². The van der Waals surface area contributed by atoms with Crippen LogP contribution in [0.5, 0.6) is 0 Å². The molecule has 0 saturated carbocycles. The average molecular weight is 375 g/mol. The maximum Gasteiger partial charge on any atom is 0.236 e. The molecule has 0 spiro atoms. The Hall–Kier alpha value is -1.92. The molecule has 6 nitrogen and oxygen atoms in total. The number of likely N-dealkylation sites (N-methyl/N-ethyl adjacent to an activating group) is 1. The van der Waals surface area contributed by atoms with E-state index in [4.69, 9.17) is 0 Å². The molecule has 0 bridgehead atoms. The highest BCUT2D eigenvalue weighted by Crippen LogP contribution is 2.12. The highest BCUT2D eigenvalue weighted by molar-refractivity contribution is 5.81. The van der Waals surface area contributed by atoms with E-state index in [1.54, 1.807) is 4.90 Å². The van der Waals surface area contributed by atoms with Crippen LogP contribution in [0.3, 0.4) is 0 Å². The molecule has 27 heavy (non-hydrogen) atoms. The third kappa shape index (κ3) is 7.31. The number of aryl methyl sites for hydroxylation is 1. The van der Waals surface area contributed by atoms with Crippen LogP contribution in [0, 0.1) is 6.92 Å². The van der Waals surface area contributed by atoms with Crippen LogP contribution in [-0.2, 0) is 16.1 Å². The van der Waals surface area contributed by atoms with Crippen LogP contribution in [0.25, 0.3) is 0 Å². The zero-order chi connectivity index (χ0) is 20.0. The Kier molecular flexibility index (Phi) is 7.39. The first-order valence-corrected chi connectivity index (χ1v) is 9.68. The summed E-state index contributed by atoms with van der Waals surface area (Å²) in [5.41, 5.74) is 2.41. The van der Waals surface area contributed by atoms with Crippen molar-refractivity contribution in [1.29, 1.82) is 0 Å². The number of carbonyl (C=O) groups excluding carboxylic acids is 2. The van der Waals surface area contributed by atoms with Gasteiger partial charge in [0.05, 0.1) is 13.1 Å². The first-order valence-electron chi connectivity index (χ1n) is 9.68. The van der Waals surface area contributed by atoms with Gasteiger partial charge in [0.15, 0.2) is 0 Å². The van der Waals surface area contributed by atoms with Gasteiger partial charge in [0.25, 0.3) is 0 Å². The van der Waals surface area contributed by atoms with E-state index < -0.39 is 0 Å². The van der Waals surface area contributed by atoms with Crippen molar-refractivity contribution in [2.75, 3.05) is 46.3 Å². The molecule has 1 saturated heterocycles. The summed E-state index contributed by atoms with van der Waals surface area (Å²) in [6.45, 7) is 12.7. The summed E-state index contributed by atoms with van der Waals surface area (Å²) in [4.78, 5) is 30.6. The zero-order valence-corrected chi connectivity index (χ0v) is 17.4. The SMILES string of the molecule is Cc1ccccc1CN1CCN(C(=O)CN(C)CC(=O)NC(C)(C)C)CC1. The number of carbonyl (C=O) groups is 2. The molecule has 1 aliphatic heterocycles. The lowest BCUT2D eigenvalue weighted by molar-refractivity contribution is -0.134. The summed E-state index contributed by atoms with van der Waals surface area (Å²) < 4.78 is 0. The minimum atomic E-state index is -0.255. The van der Waals surface area contributed by atoms with Gasteiger partial charge in [0, 0.05) is 38.3 Å². The second kappa shape index (κ2) is 9.33. The van der Waals surface area contributed by atoms with Crippen LogP contribution < -0.4 is 5.32 Å². The molecule has 0 unspecified atom stereocenters. The van der Waals surface area contributed by atoms with Gasteiger partial charge >= 0.3 is 0 Å². The van der Waals surface area contributed by atoms with Crippen molar-refractivity contribution in [2.45, 2.75) is 39.8 Å². The molecule has 2 amide bonds. The van der Waals surface area contributed by atoms with Crippen LogP contribution in [0.4, 0.5) is 0 Å². The van der Waals surface area contributed by atoms with Gasteiger partial charge in [-0.2, -0.15) is 0 Å². The van der Waals surface area contributed by atoms with Gasteiger partial charge in [0.1, 0.15) is 0 Å². The van der Waals surface area contributed by atoms with E-state index in [-0.39, 0.29) is 30.4 Å². The number of amides is 2. The van der Waals surface area contributed by atoms with Crippen molar-refractivity contribution in [2.24, 2.45) is 0 Å². The Bertz CT molecular complexity index is 646. The summed E-state index contributed by atoms with van der Waals surface area (Å²) in [7, 11) is 1.81. The normalized spacial score (nSPS) is 15.9. The summed E-state index contributed by atoms with van der Waals surface area (Å²) in [5, 5.41) is 2.92. The van der Waals surface area contributed by atoms with Gasteiger partial charge in [0.2, 0.25) is 11.8 Å². The number of nitrogens with one attached hydrogen (secondary N) is 1. The molecular weight excluding hydrogens is 340 g/mol. The highest BCUT2D eigenvalue weighted by atomic mass is 16.2. The Balaban J connectivity index is 1.74. The van der Waals surface area contributed by atoms with Crippen molar-refractivity contribution in [3.63, 3.8) is 0 Å². The summed E-state index contributed by atoms with van der Waals surface area (Å²) in [5.74, 6) is 0.0393. The minimum Gasteiger partial charge on any atom is -0.350 e. The lowest BCUT2D eigenvalue weighted by Gasteiger charge is -2.35. The van der Waals surface area contributed by atoms with Gasteiger partial charge in [-0.05, 0) is 45.9 Å². The second-order valence-corrected chi connectivity index (χ2v) is 8.55. The molecule has 1 N–H and O–H groups in total. The van der Waals surface area contributed by atoms with E-state index in [2.05, 4.69) is 41.4 Å². The number of hydrogen-bond donors (Lipinski definition) is 1. The topological polar surface area (TPSA) is 55.9 Å². The van der Waals surface area contributed by atoms with Crippen LogP contribution in [-0.4, -0.2) is 78.4 Å². The van der Waals surface area contributed by atoms with E-state index in [0.717, 1.165) is 32.7 Å². The number of rotatable bonds is 6. The summed E-state index contributed by atoms with van der Waals surface area (Å²) in [6.07, 6.45) is 0. The number of piperazine rings is 1. The van der Waals surface area contributed by atoms with Crippen molar-refractivity contribution in [1.82, 2.24) is 20.0 Å². The molecule has 1 aromatic carbocycles. The molecule has 1 aliphatic rings. The van der Waals surface area contributed by atoms with Crippen LogP contribution in [0.2, 0.25) is 0 Å². The van der Waals surface area contributed by atoms with E-state index >= 15 is 0 Å². The average Bonchev–Trinajstić information content (AvgIpc) is 2.55. The van der Waals surface area contributed by atoms with Crippen LogP contribution in [0.15, 0.2) is 24.3 Å².